The minimum absolute atomic E-state index is 0.00209. The standard InChI is InChI=1S/C23H19N5O4/c1-32-17-6-7-18-15(10-17)12-28(20(18)29)13-23(21(30)26-22(31)27-23)16-4-2-14(3-5-16)19-11-24-8-9-25-19/h2-12,29H,13H2,1H3,(H2,26,27,30,31)/t23-/m0/s1. The number of urea groups is 1. The Labute approximate surface area is 182 Å². The molecule has 9 nitrogen and oxygen atoms in total. The Hall–Kier alpha value is -4.40. The van der Waals surface area contributed by atoms with Crippen LogP contribution in [0.15, 0.2) is 67.3 Å². The first-order valence-corrected chi connectivity index (χ1v) is 9.86. The number of rotatable bonds is 5. The minimum Gasteiger partial charge on any atom is -0.497 e. The highest BCUT2D eigenvalue weighted by atomic mass is 16.5. The van der Waals surface area contributed by atoms with Crippen LogP contribution < -0.4 is 15.4 Å². The number of amides is 3. The summed E-state index contributed by atoms with van der Waals surface area (Å²) in [7, 11) is 1.57. The Morgan fingerprint density at radius 1 is 1.12 bits per heavy atom. The third-order valence-electron chi connectivity index (χ3n) is 5.65. The molecule has 3 amide bonds. The fourth-order valence-corrected chi connectivity index (χ4v) is 4.01. The van der Waals surface area contributed by atoms with Crippen LogP contribution in [0.25, 0.3) is 22.0 Å². The smallest absolute Gasteiger partial charge is 0.322 e. The first kappa shape index (κ1) is 19.6. The second-order valence-corrected chi connectivity index (χ2v) is 7.52. The number of hydrogen-bond donors (Lipinski definition) is 3. The van der Waals surface area contributed by atoms with Crippen molar-refractivity contribution >= 4 is 22.7 Å². The number of nitrogens with zero attached hydrogens (tertiary/aromatic N) is 3. The topological polar surface area (TPSA) is 118 Å². The molecule has 0 aliphatic carbocycles. The lowest BCUT2D eigenvalue weighted by atomic mass is 9.89. The molecule has 0 saturated carbocycles. The number of ether oxygens (including phenoxy) is 1. The van der Waals surface area contributed by atoms with E-state index in [0.717, 1.165) is 10.9 Å². The molecule has 0 unspecified atom stereocenters. The van der Waals surface area contributed by atoms with E-state index in [0.29, 0.717) is 22.4 Å². The van der Waals surface area contributed by atoms with Gasteiger partial charge in [0.2, 0.25) is 0 Å². The number of carbonyl (C=O) groups is 2. The average molecular weight is 429 g/mol. The Morgan fingerprint density at radius 2 is 1.94 bits per heavy atom. The average Bonchev–Trinajstić information content (AvgIpc) is 3.29. The second kappa shape index (κ2) is 7.38. The summed E-state index contributed by atoms with van der Waals surface area (Å²) in [6, 6.07) is 11.8. The molecule has 2 aromatic carbocycles. The maximum absolute atomic E-state index is 13.0. The van der Waals surface area contributed by atoms with Crippen LogP contribution in [0.1, 0.15) is 5.56 Å². The summed E-state index contributed by atoms with van der Waals surface area (Å²) in [6.07, 6.45) is 6.56. The number of nitrogens with one attached hydrogen (secondary N) is 2. The van der Waals surface area contributed by atoms with E-state index in [1.807, 2.05) is 12.1 Å². The molecule has 9 heteroatoms. The van der Waals surface area contributed by atoms with Crippen LogP contribution in [0.3, 0.4) is 0 Å². The number of benzene rings is 2. The van der Waals surface area contributed by atoms with Gasteiger partial charge in [-0.2, -0.15) is 0 Å². The van der Waals surface area contributed by atoms with E-state index in [4.69, 9.17) is 4.74 Å². The summed E-state index contributed by atoms with van der Waals surface area (Å²) < 4.78 is 6.80. The molecule has 160 valence electrons. The van der Waals surface area contributed by atoms with Crippen molar-refractivity contribution in [1.29, 1.82) is 0 Å². The highest BCUT2D eigenvalue weighted by Gasteiger charge is 2.48. The van der Waals surface area contributed by atoms with E-state index < -0.39 is 17.5 Å². The normalized spacial score (nSPS) is 17.9. The number of carbonyl (C=O) groups excluding carboxylic acids is 2. The number of hydrogen-bond acceptors (Lipinski definition) is 6. The summed E-state index contributed by atoms with van der Waals surface area (Å²) in [5.41, 5.74) is 0.692. The van der Waals surface area contributed by atoms with Crippen LogP contribution in [-0.2, 0) is 16.9 Å². The van der Waals surface area contributed by atoms with Crippen LogP contribution in [0, 0.1) is 0 Å². The van der Waals surface area contributed by atoms with Crippen LogP contribution in [-0.4, -0.2) is 38.7 Å². The minimum atomic E-state index is -1.39. The summed E-state index contributed by atoms with van der Waals surface area (Å²) >= 11 is 0. The lowest BCUT2D eigenvalue weighted by Crippen LogP contribution is -2.47. The zero-order valence-electron chi connectivity index (χ0n) is 17.1. The molecule has 0 bridgehead atoms. The summed E-state index contributed by atoms with van der Waals surface area (Å²) in [4.78, 5) is 33.4. The molecular weight excluding hydrogens is 410 g/mol. The lowest BCUT2D eigenvalue weighted by molar-refractivity contribution is -0.124. The summed E-state index contributed by atoms with van der Waals surface area (Å²) in [6.45, 7) is -0.00209. The van der Waals surface area contributed by atoms with Gasteiger partial charge in [0.15, 0.2) is 11.4 Å². The molecule has 1 aliphatic rings. The van der Waals surface area contributed by atoms with E-state index in [1.165, 1.54) is 0 Å². The molecule has 3 heterocycles. The van der Waals surface area contributed by atoms with Crippen molar-refractivity contribution in [2.45, 2.75) is 12.1 Å². The fraction of sp³-hybridized carbons (Fsp3) is 0.130. The van der Waals surface area contributed by atoms with Gasteiger partial charge in [-0.1, -0.05) is 24.3 Å². The molecule has 1 aliphatic heterocycles. The molecule has 2 aromatic heterocycles. The van der Waals surface area contributed by atoms with E-state index in [9.17, 15) is 14.7 Å². The molecule has 0 radical (unpaired) electrons. The molecule has 5 rings (SSSR count). The highest BCUT2D eigenvalue weighted by molar-refractivity contribution is 6.07. The number of methoxy groups -OCH3 is 1. The Balaban J connectivity index is 1.56. The van der Waals surface area contributed by atoms with Crippen molar-refractivity contribution in [3.05, 3.63) is 72.8 Å². The number of fused-ring (bicyclic) bond motifs is 1. The molecule has 1 saturated heterocycles. The van der Waals surface area contributed by atoms with E-state index >= 15 is 0 Å². The molecule has 32 heavy (non-hydrogen) atoms. The quantitative estimate of drug-likeness (QED) is 0.420. The predicted octanol–water partition coefficient (Wildman–Crippen LogP) is 2.55. The molecular formula is C23H19N5O4. The fourth-order valence-electron chi connectivity index (χ4n) is 4.01. The molecule has 0 spiro atoms. The van der Waals surface area contributed by atoms with Gasteiger partial charge in [0.1, 0.15) is 5.75 Å². The molecule has 1 fully saturated rings. The summed E-state index contributed by atoms with van der Waals surface area (Å²) in [5, 5.41) is 17.2. The van der Waals surface area contributed by atoms with Crippen molar-refractivity contribution in [3.8, 4) is 22.9 Å². The zero-order valence-corrected chi connectivity index (χ0v) is 17.1. The highest BCUT2D eigenvalue weighted by Crippen LogP contribution is 2.35. The van der Waals surface area contributed by atoms with Gasteiger partial charge in [0, 0.05) is 34.9 Å². The Kier molecular flexibility index (Phi) is 4.51. The lowest BCUT2D eigenvalue weighted by Gasteiger charge is -2.27. The van der Waals surface area contributed by atoms with Crippen LogP contribution in [0.4, 0.5) is 4.79 Å². The maximum atomic E-state index is 13.0. The first-order chi connectivity index (χ1) is 15.5. The van der Waals surface area contributed by atoms with Gasteiger partial charge in [-0.25, -0.2) is 4.79 Å². The number of imide groups is 1. The van der Waals surface area contributed by atoms with Crippen molar-refractivity contribution in [1.82, 2.24) is 25.2 Å². The van der Waals surface area contributed by atoms with Gasteiger partial charge in [-0.15, -0.1) is 0 Å². The van der Waals surface area contributed by atoms with Gasteiger partial charge >= 0.3 is 6.03 Å². The van der Waals surface area contributed by atoms with Gasteiger partial charge in [-0.05, 0) is 23.8 Å². The monoisotopic (exact) mass is 429 g/mol. The largest absolute Gasteiger partial charge is 0.497 e. The number of aromatic hydroxyl groups is 1. The van der Waals surface area contributed by atoms with E-state index in [-0.39, 0.29) is 12.4 Å². The molecule has 3 N–H and O–H groups in total. The van der Waals surface area contributed by atoms with Gasteiger partial charge in [-0.3, -0.25) is 20.1 Å². The number of aromatic nitrogens is 3. The van der Waals surface area contributed by atoms with Crippen molar-refractivity contribution in [2.75, 3.05) is 7.11 Å². The van der Waals surface area contributed by atoms with E-state index in [2.05, 4.69) is 20.6 Å². The van der Waals surface area contributed by atoms with Gasteiger partial charge in [0.25, 0.3) is 5.91 Å². The maximum Gasteiger partial charge on any atom is 0.322 e. The van der Waals surface area contributed by atoms with Crippen LogP contribution in [0.2, 0.25) is 0 Å². The molecule has 4 aromatic rings. The van der Waals surface area contributed by atoms with Crippen molar-refractivity contribution in [2.24, 2.45) is 0 Å². The Morgan fingerprint density at radius 3 is 2.59 bits per heavy atom. The van der Waals surface area contributed by atoms with Crippen molar-refractivity contribution in [3.63, 3.8) is 0 Å². The second-order valence-electron chi connectivity index (χ2n) is 7.52. The third kappa shape index (κ3) is 3.11. The predicted molar refractivity (Wildman–Crippen MR) is 116 cm³/mol. The van der Waals surface area contributed by atoms with Gasteiger partial charge < -0.3 is 19.7 Å². The van der Waals surface area contributed by atoms with Crippen molar-refractivity contribution < 1.29 is 19.4 Å². The first-order valence-electron chi connectivity index (χ1n) is 9.86. The Bertz CT molecular complexity index is 1330. The van der Waals surface area contributed by atoms with Gasteiger partial charge in [0.05, 0.1) is 25.5 Å². The molecule has 1 atom stereocenters. The third-order valence-corrected chi connectivity index (χ3v) is 5.65. The summed E-state index contributed by atoms with van der Waals surface area (Å²) in [5.74, 6) is 0.146. The van der Waals surface area contributed by atoms with Crippen LogP contribution >= 0.6 is 0 Å². The van der Waals surface area contributed by atoms with E-state index in [1.54, 1.807) is 66.8 Å². The van der Waals surface area contributed by atoms with Crippen LogP contribution in [0.5, 0.6) is 11.6 Å². The zero-order chi connectivity index (χ0) is 22.3. The SMILES string of the molecule is COc1ccc2c(O)n(C[C@@]3(c4ccc(-c5cnccn5)cc4)NC(=O)NC3=O)cc2c1.